The van der Waals surface area contributed by atoms with Crippen LogP contribution in [0, 0.1) is 29.5 Å². The number of fused-ring (bicyclic) bond motifs is 2. The lowest BCUT2D eigenvalue weighted by Gasteiger charge is -2.22. The predicted octanol–water partition coefficient (Wildman–Crippen LogP) is 5.36. The molecule has 166 valence electrons. The van der Waals surface area contributed by atoms with E-state index in [-0.39, 0.29) is 36.5 Å². The molecular formula is C26H26ClFN2O2. The summed E-state index contributed by atoms with van der Waals surface area (Å²) in [4.78, 5) is 21.4. The number of nitrogens with zero attached hydrogens (tertiary/aromatic N) is 2. The number of hydrogen-bond donors (Lipinski definition) is 1. The first-order valence-electron chi connectivity index (χ1n) is 11.3. The number of halogens is 2. The van der Waals surface area contributed by atoms with Gasteiger partial charge in [-0.15, -0.1) is 0 Å². The molecule has 3 unspecified atom stereocenters. The first-order valence-corrected chi connectivity index (χ1v) is 11.7. The van der Waals surface area contributed by atoms with Crippen LogP contribution in [-0.4, -0.2) is 27.5 Å². The molecule has 6 heteroatoms. The molecule has 5 atom stereocenters. The van der Waals surface area contributed by atoms with Gasteiger partial charge in [-0.3, -0.25) is 9.78 Å². The van der Waals surface area contributed by atoms with Gasteiger partial charge < -0.3 is 5.11 Å². The average molecular weight is 453 g/mol. The van der Waals surface area contributed by atoms with Crippen molar-refractivity contribution >= 4 is 28.3 Å². The summed E-state index contributed by atoms with van der Waals surface area (Å²) in [5.41, 5.74) is 2.85. The van der Waals surface area contributed by atoms with Gasteiger partial charge in [-0.2, -0.15) is 0 Å². The first kappa shape index (κ1) is 21.5. The Labute approximate surface area is 191 Å². The zero-order valence-electron chi connectivity index (χ0n) is 17.8. The molecule has 1 aromatic carbocycles. The molecule has 0 spiro atoms. The van der Waals surface area contributed by atoms with Gasteiger partial charge in [0.05, 0.1) is 12.1 Å². The SMILES string of the molecule is O=C(Cc1ccc(Cl)nc1)C(CO)C1C[C@H]2CC(c3ccnc4ccc(F)cc34)C[C@H]2C1. The molecule has 0 bridgehead atoms. The van der Waals surface area contributed by atoms with E-state index in [0.717, 1.165) is 42.1 Å². The van der Waals surface area contributed by atoms with E-state index in [4.69, 9.17) is 11.6 Å². The number of carbonyl (C=O) groups excluding carboxylic acids is 1. The van der Waals surface area contributed by atoms with E-state index in [0.29, 0.717) is 22.9 Å². The van der Waals surface area contributed by atoms with E-state index in [1.807, 2.05) is 18.3 Å². The molecule has 2 aliphatic carbocycles. The van der Waals surface area contributed by atoms with Crippen LogP contribution in [0.3, 0.4) is 0 Å². The molecule has 0 amide bonds. The van der Waals surface area contributed by atoms with Gasteiger partial charge in [0, 0.05) is 30.1 Å². The summed E-state index contributed by atoms with van der Waals surface area (Å²) in [6.45, 7) is -0.109. The Bertz CT molecular complexity index is 1120. The number of rotatable bonds is 6. The molecule has 3 aromatic rings. The molecule has 2 fully saturated rings. The highest BCUT2D eigenvalue weighted by Crippen LogP contribution is 2.54. The number of hydrogen-bond acceptors (Lipinski definition) is 4. The van der Waals surface area contributed by atoms with Gasteiger partial charge in [0.15, 0.2) is 0 Å². The third-order valence-corrected chi connectivity index (χ3v) is 7.80. The maximum atomic E-state index is 13.9. The Morgan fingerprint density at radius 1 is 1.09 bits per heavy atom. The third kappa shape index (κ3) is 4.16. The lowest BCUT2D eigenvalue weighted by Crippen LogP contribution is -2.28. The van der Waals surface area contributed by atoms with Crippen LogP contribution in [0.5, 0.6) is 0 Å². The van der Waals surface area contributed by atoms with Crippen molar-refractivity contribution in [3.63, 3.8) is 0 Å². The first-order chi connectivity index (χ1) is 15.5. The van der Waals surface area contributed by atoms with Crippen LogP contribution in [0.1, 0.15) is 42.7 Å². The zero-order valence-corrected chi connectivity index (χ0v) is 18.5. The summed E-state index contributed by atoms with van der Waals surface area (Å²) < 4.78 is 13.9. The van der Waals surface area contributed by atoms with Gasteiger partial charge in [-0.1, -0.05) is 17.7 Å². The number of Topliss-reactive ketones (excluding diaryl/α,β-unsaturated/α-hetero) is 1. The highest BCUT2D eigenvalue weighted by molar-refractivity contribution is 6.29. The minimum absolute atomic E-state index is 0.0775. The number of benzene rings is 1. The van der Waals surface area contributed by atoms with Gasteiger partial charge in [-0.05, 0) is 90.8 Å². The highest BCUT2D eigenvalue weighted by Gasteiger charge is 2.45. The van der Waals surface area contributed by atoms with Crippen molar-refractivity contribution in [3.8, 4) is 0 Å². The van der Waals surface area contributed by atoms with E-state index < -0.39 is 0 Å². The van der Waals surface area contributed by atoms with Gasteiger partial charge in [0.1, 0.15) is 16.8 Å². The van der Waals surface area contributed by atoms with E-state index >= 15 is 0 Å². The number of aromatic nitrogens is 2. The van der Waals surface area contributed by atoms with Crippen molar-refractivity contribution in [1.29, 1.82) is 0 Å². The fraction of sp³-hybridized carbons (Fsp3) is 0.423. The second-order valence-electron chi connectivity index (χ2n) is 9.40. The number of ketones is 1. The molecule has 2 aromatic heterocycles. The molecule has 2 heterocycles. The summed E-state index contributed by atoms with van der Waals surface area (Å²) in [6.07, 6.45) is 7.75. The van der Waals surface area contributed by atoms with Crippen molar-refractivity contribution in [2.24, 2.45) is 23.7 Å². The Morgan fingerprint density at radius 2 is 1.88 bits per heavy atom. The zero-order chi connectivity index (χ0) is 22.2. The molecule has 0 radical (unpaired) electrons. The Hall–Kier alpha value is -2.37. The molecule has 32 heavy (non-hydrogen) atoms. The van der Waals surface area contributed by atoms with Crippen LogP contribution in [0.25, 0.3) is 10.9 Å². The molecular weight excluding hydrogens is 427 g/mol. The topological polar surface area (TPSA) is 63.1 Å². The summed E-state index contributed by atoms with van der Waals surface area (Å²) >= 11 is 5.83. The molecule has 0 saturated heterocycles. The van der Waals surface area contributed by atoms with Crippen molar-refractivity contribution in [2.75, 3.05) is 6.61 Å². The van der Waals surface area contributed by atoms with E-state index in [1.54, 1.807) is 24.4 Å². The minimum Gasteiger partial charge on any atom is -0.396 e. The number of pyridine rings is 2. The summed E-state index contributed by atoms with van der Waals surface area (Å²) in [5.74, 6) is 1.21. The van der Waals surface area contributed by atoms with E-state index in [9.17, 15) is 14.3 Å². The van der Waals surface area contributed by atoms with Gasteiger partial charge in [0.25, 0.3) is 0 Å². The smallest absolute Gasteiger partial charge is 0.142 e. The fourth-order valence-electron chi connectivity index (χ4n) is 6.10. The normalized spacial score (nSPS) is 25.7. The molecule has 2 saturated carbocycles. The van der Waals surface area contributed by atoms with E-state index in [2.05, 4.69) is 9.97 Å². The van der Waals surface area contributed by atoms with Crippen LogP contribution in [0.15, 0.2) is 48.8 Å². The minimum atomic E-state index is -0.328. The predicted molar refractivity (Wildman–Crippen MR) is 122 cm³/mol. The lowest BCUT2D eigenvalue weighted by molar-refractivity contribution is -0.125. The van der Waals surface area contributed by atoms with E-state index in [1.165, 1.54) is 11.6 Å². The summed E-state index contributed by atoms with van der Waals surface area (Å²) in [7, 11) is 0. The number of aliphatic hydroxyl groups excluding tert-OH is 1. The summed E-state index contributed by atoms with van der Waals surface area (Å²) in [6, 6.07) is 10.3. The van der Waals surface area contributed by atoms with Crippen molar-refractivity contribution < 1.29 is 14.3 Å². The second-order valence-corrected chi connectivity index (χ2v) is 9.79. The molecule has 5 rings (SSSR count). The van der Waals surface area contributed by atoms with Crippen LogP contribution >= 0.6 is 11.6 Å². The number of carbonyl (C=O) groups is 1. The largest absolute Gasteiger partial charge is 0.396 e. The standard InChI is InChI=1S/C26H26ClFN2O2/c27-26-4-1-15(13-30-26)7-25(32)23(14-31)19-10-16-8-18(9-17(16)11-19)21-5-6-29-24-3-2-20(28)12-22(21)24/h1-6,12-13,16-19,23,31H,7-11,14H2/t16-,17+,18?,19?,23?. The maximum Gasteiger partial charge on any atom is 0.142 e. The van der Waals surface area contributed by atoms with Crippen molar-refractivity contribution in [1.82, 2.24) is 9.97 Å². The quantitative estimate of drug-likeness (QED) is 0.511. The maximum absolute atomic E-state index is 13.9. The monoisotopic (exact) mass is 452 g/mol. The highest BCUT2D eigenvalue weighted by atomic mass is 35.5. The molecule has 2 aliphatic rings. The Balaban J connectivity index is 1.26. The van der Waals surface area contributed by atoms with Gasteiger partial charge in [-0.25, -0.2) is 9.37 Å². The lowest BCUT2D eigenvalue weighted by atomic mass is 9.82. The van der Waals surface area contributed by atoms with Gasteiger partial charge >= 0.3 is 0 Å². The molecule has 4 nitrogen and oxygen atoms in total. The van der Waals surface area contributed by atoms with Gasteiger partial charge in [0.2, 0.25) is 0 Å². The van der Waals surface area contributed by atoms with Crippen molar-refractivity contribution in [3.05, 3.63) is 70.9 Å². The average Bonchev–Trinajstić information content (AvgIpc) is 3.35. The van der Waals surface area contributed by atoms with Crippen LogP contribution in [0.4, 0.5) is 4.39 Å². The Kier molecular flexibility index (Phi) is 5.95. The second kappa shape index (κ2) is 8.87. The fourth-order valence-corrected chi connectivity index (χ4v) is 6.21. The third-order valence-electron chi connectivity index (χ3n) is 7.58. The molecule has 1 N–H and O–H groups in total. The summed E-state index contributed by atoms with van der Waals surface area (Å²) in [5, 5.41) is 11.3. The van der Waals surface area contributed by atoms with Crippen LogP contribution in [-0.2, 0) is 11.2 Å². The Morgan fingerprint density at radius 3 is 2.56 bits per heavy atom. The van der Waals surface area contributed by atoms with Crippen molar-refractivity contribution in [2.45, 2.75) is 38.0 Å². The number of aliphatic hydroxyl groups is 1. The van der Waals surface area contributed by atoms with Crippen LogP contribution in [0.2, 0.25) is 5.15 Å². The molecule has 0 aliphatic heterocycles. The van der Waals surface area contributed by atoms with Crippen LogP contribution < -0.4 is 0 Å².